The van der Waals surface area contributed by atoms with Gasteiger partial charge in [-0.25, -0.2) is 4.90 Å². The highest BCUT2D eigenvalue weighted by Gasteiger charge is 2.57. The van der Waals surface area contributed by atoms with Crippen molar-refractivity contribution in [3.63, 3.8) is 0 Å². The Morgan fingerprint density at radius 3 is 2.48 bits per heavy atom. The smallest absolute Gasteiger partial charge is 0.418 e. The van der Waals surface area contributed by atoms with Crippen molar-refractivity contribution in [3.8, 4) is 11.5 Å². The van der Waals surface area contributed by atoms with Gasteiger partial charge in [0.15, 0.2) is 11.5 Å². The highest BCUT2D eigenvalue weighted by Crippen LogP contribution is 2.54. The van der Waals surface area contributed by atoms with Gasteiger partial charge in [-0.2, -0.15) is 13.2 Å². The molecule has 1 saturated heterocycles. The molecule has 12 heteroatoms. The SMILES string of the molecule is COc1cc([C@@H]2c3sc(=O)[nH]c3S[C@H]3C(=O)N(c4ccccc4C(F)(F)F)C(=O)[C@@H]23)ccc1OCc1cccc(C)c1. The molecular formula is C30H23F3N2O5S2. The second kappa shape index (κ2) is 10.7. The standard InChI is InChI=1S/C30H23F3N2O5S2/c1-15-6-5-7-16(12-15)14-40-20-11-10-17(13-21(20)39-2)22-23-25(41-26-24(22)42-29(38)34-26)28(37)35(27(23)36)19-9-4-3-8-18(19)30(31,32)33/h3-13,22-23,25H,14H2,1-2H3,(H,34,38)/t22-,23-,25+/m0/s1. The monoisotopic (exact) mass is 612 g/mol. The van der Waals surface area contributed by atoms with Crippen LogP contribution in [0.25, 0.3) is 0 Å². The van der Waals surface area contributed by atoms with Crippen LogP contribution in [0.1, 0.15) is 33.0 Å². The molecule has 216 valence electrons. The minimum absolute atomic E-state index is 0.284. The van der Waals surface area contributed by atoms with Crippen molar-refractivity contribution >= 4 is 40.6 Å². The number of ether oxygens (including phenoxy) is 2. The number of hydrogen-bond donors (Lipinski definition) is 1. The zero-order valence-corrected chi connectivity index (χ0v) is 23.9. The highest BCUT2D eigenvalue weighted by molar-refractivity contribution is 8.00. The Morgan fingerprint density at radius 2 is 1.74 bits per heavy atom. The molecule has 0 bridgehead atoms. The number of rotatable bonds is 6. The van der Waals surface area contributed by atoms with E-state index >= 15 is 0 Å². The van der Waals surface area contributed by atoms with Crippen LogP contribution in [0.15, 0.2) is 76.6 Å². The molecule has 1 N–H and O–H groups in total. The number of imide groups is 1. The number of alkyl halides is 3. The molecule has 3 atom stereocenters. The summed E-state index contributed by atoms with van der Waals surface area (Å²) in [6.07, 6.45) is -4.77. The van der Waals surface area contributed by atoms with Crippen LogP contribution in [-0.4, -0.2) is 29.2 Å². The molecule has 2 aliphatic rings. The number of nitrogens with zero attached hydrogens (tertiary/aromatic N) is 1. The number of methoxy groups -OCH3 is 1. The van der Waals surface area contributed by atoms with E-state index in [0.29, 0.717) is 31.9 Å². The molecule has 0 aliphatic carbocycles. The number of aromatic nitrogens is 1. The van der Waals surface area contributed by atoms with Crippen molar-refractivity contribution in [3.05, 3.63) is 104 Å². The molecule has 1 aromatic heterocycles. The van der Waals surface area contributed by atoms with Crippen molar-refractivity contribution in [2.45, 2.75) is 35.9 Å². The van der Waals surface area contributed by atoms with Crippen LogP contribution in [0.4, 0.5) is 18.9 Å². The Kier molecular flexibility index (Phi) is 7.14. The van der Waals surface area contributed by atoms with E-state index in [-0.39, 0.29) is 11.5 Å². The third-order valence-electron chi connectivity index (χ3n) is 7.30. The first kappa shape index (κ1) is 28.1. The van der Waals surface area contributed by atoms with E-state index < -0.39 is 46.3 Å². The minimum Gasteiger partial charge on any atom is -0.493 e. The van der Waals surface area contributed by atoms with Crippen LogP contribution in [-0.2, 0) is 22.4 Å². The first-order valence-corrected chi connectivity index (χ1v) is 14.6. The number of hydrogen-bond acceptors (Lipinski definition) is 7. The number of aryl methyl sites for hydroxylation is 1. The molecule has 3 heterocycles. The van der Waals surface area contributed by atoms with E-state index in [1.165, 1.54) is 19.2 Å². The second-order valence-corrected chi connectivity index (χ2v) is 12.1. The van der Waals surface area contributed by atoms with Crippen LogP contribution >= 0.6 is 23.1 Å². The third kappa shape index (κ3) is 4.88. The Balaban J connectivity index is 1.40. The predicted octanol–water partition coefficient (Wildman–Crippen LogP) is 6.15. The number of nitrogens with one attached hydrogen (secondary N) is 1. The summed E-state index contributed by atoms with van der Waals surface area (Å²) in [7, 11) is 1.47. The summed E-state index contributed by atoms with van der Waals surface area (Å²) in [6.45, 7) is 2.27. The maximum Gasteiger partial charge on any atom is 0.418 e. The van der Waals surface area contributed by atoms with Crippen LogP contribution in [0.3, 0.4) is 0 Å². The summed E-state index contributed by atoms with van der Waals surface area (Å²) in [4.78, 5) is 43.5. The molecule has 0 unspecified atom stereocenters. The van der Waals surface area contributed by atoms with Gasteiger partial charge in [0.25, 0.3) is 0 Å². The number of carbonyl (C=O) groups excluding carboxylic acids is 2. The van der Waals surface area contributed by atoms with Crippen molar-refractivity contribution in [1.29, 1.82) is 0 Å². The largest absolute Gasteiger partial charge is 0.493 e. The maximum atomic E-state index is 13.9. The quantitative estimate of drug-likeness (QED) is 0.263. The lowest BCUT2D eigenvalue weighted by atomic mass is 9.83. The first-order valence-electron chi connectivity index (χ1n) is 12.9. The van der Waals surface area contributed by atoms with Crippen molar-refractivity contribution < 1.29 is 32.2 Å². The average Bonchev–Trinajstić information content (AvgIpc) is 3.45. The molecular weight excluding hydrogens is 589 g/mol. The lowest BCUT2D eigenvalue weighted by Crippen LogP contribution is -2.33. The summed E-state index contributed by atoms with van der Waals surface area (Å²) >= 11 is 1.91. The van der Waals surface area contributed by atoms with Gasteiger partial charge < -0.3 is 14.5 Å². The number of amides is 2. The Labute approximate surface area is 246 Å². The molecule has 2 aliphatic heterocycles. The summed E-state index contributed by atoms with van der Waals surface area (Å²) < 4.78 is 53.2. The Morgan fingerprint density at radius 1 is 0.952 bits per heavy atom. The number of aromatic amines is 1. The van der Waals surface area contributed by atoms with Crippen molar-refractivity contribution in [2.24, 2.45) is 5.92 Å². The first-order chi connectivity index (χ1) is 20.1. The lowest BCUT2D eigenvalue weighted by molar-refractivity contribution is -0.137. The molecule has 0 spiro atoms. The van der Waals surface area contributed by atoms with Crippen LogP contribution in [0.2, 0.25) is 0 Å². The number of thiazole rings is 1. The van der Waals surface area contributed by atoms with Crippen LogP contribution in [0, 0.1) is 12.8 Å². The molecule has 0 radical (unpaired) electrons. The third-order valence-corrected chi connectivity index (χ3v) is 9.70. The number of H-pyrrole nitrogens is 1. The number of carbonyl (C=O) groups is 2. The van der Waals surface area contributed by atoms with Gasteiger partial charge in [0.1, 0.15) is 11.9 Å². The lowest BCUT2D eigenvalue weighted by Gasteiger charge is -2.30. The van der Waals surface area contributed by atoms with Gasteiger partial charge in [0.05, 0.1) is 29.3 Å². The number of fused-ring (bicyclic) bond motifs is 2. The predicted molar refractivity (Wildman–Crippen MR) is 152 cm³/mol. The number of halogens is 3. The maximum absolute atomic E-state index is 13.9. The van der Waals surface area contributed by atoms with E-state index in [1.54, 1.807) is 18.2 Å². The number of thioether (sulfide) groups is 1. The van der Waals surface area contributed by atoms with Crippen molar-refractivity contribution in [1.82, 2.24) is 4.98 Å². The van der Waals surface area contributed by atoms with E-state index in [1.807, 2.05) is 31.2 Å². The number of benzene rings is 3. The summed E-state index contributed by atoms with van der Waals surface area (Å²) in [5.74, 6) is -2.54. The molecule has 4 aromatic rings. The van der Waals surface area contributed by atoms with Crippen LogP contribution in [0.5, 0.6) is 11.5 Å². The highest BCUT2D eigenvalue weighted by atomic mass is 32.2. The molecule has 42 heavy (non-hydrogen) atoms. The molecule has 6 rings (SSSR count). The number of anilines is 1. The molecule has 0 saturated carbocycles. The van der Waals surface area contributed by atoms with Crippen molar-refractivity contribution in [2.75, 3.05) is 12.0 Å². The summed E-state index contributed by atoms with van der Waals surface area (Å²) in [5.41, 5.74) is 1.03. The van der Waals surface area contributed by atoms with Gasteiger partial charge in [-0.05, 0) is 42.3 Å². The Bertz CT molecular complexity index is 1770. The van der Waals surface area contributed by atoms with E-state index in [0.717, 1.165) is 46.4 Å². The summed E-state index contributed by atoms with van der Waals surface area (Å²) in [5, 5.41) is -0.619. The Hall–Kier alpha value is -4.03. The van der Waals surface area contributed by atoms with Gasteiger partial charge in [-0.1, -0.05) is 71.1 Å². The fraction of sp³-hybridized carbons (Fsp3) is 0.233. The van der Waals surface area contributed by atoms with Gasteiger partial charge in [0.2, 0.25) is 11.8 Å². The molecule has 2 amide bonds. The topological polar surface area (TPSA) is 88.7 Å². The zero-order valence-electron chi connectivity index (χ0n) is 22.2. The molecule has 7 nitrogen and oxygen atoms in total. The molecule has 3 aromatic carbocycles. The van der Waals surface area contributed by atoms with E-state index in [2.05, 4.69) is 4.98 Å². The van der Waals surface area contributed by atoms with Gasteiger partial charge in [-0.3, -0.25) is 14.4 Å². The molecule has 1 fully saturated rings. The fourth-order valence-electron chi connectivity index (χ4n) is 5.48. The normalized spacial score (nSPS) is 19.9. The van der Waals surface area contributed by atoms with Gasteiger partial charge in [0, 0.05) is 10.8 Å². The summed E-state index contributed by atoms with van der Waals surface area (Å²) in [6, 6.07) is 17.5. The van der Waals surface area contributed by atoms with E-state index in [4.69, 9.17) is 9.47 Å². The van der Waals surface area contributed by atoms with Gasteiger partial charge in [-0.15, -0.1) is 0 Å². The zero-order chi connectivity index (χ0) is 29.8. The fourth-order valence-corrected chi connectivity index (χ4v) is 8.00. The second-order valence-electron chi connectivity index (χ2n) is 9.96. The van der Waals surface area contributed by atoms with Gasteiger partial charge >= 0.3 is 11.0 Å². The minimum atomic E-state index is -4.77. The van der Waals surface area contributed by atoms with E-state index in [9.17, 15) is 27.6 Å². The number of para-hydroxylation sites is 1. The average molecular weight is 613 g/mol. The van der Waals surface area contributed by atoms with Crippen LogP contribution < -0.4 is 19.2 Å².